The first-order valence-electron chi connectivity index (χ1n) is 9.50. The first-order chi connectivity index (χ1) is 13.4. The largest absolute Gasteiger partial charge is 0.508 e. The number of benzene rings is 3. The number of phenols is 1. The van der Waals surface area contributed by atoms with Gasteiger partial charge in [0.2, 0.25) is 0 Å². The van der Waals surface area contributed by atoms with Crippen molar-refractivity contribution in [1.82, 2.24) is 0 Å². The van der Waals surface area contributed by atoms with E-state index in [4.69, 9.17) is 4.74 Å². The molecular formula is C25H23FO2. The lowest BCUT2D eigenvalue weighted by atomic mass is 9.85. The maximum atomic E-state index is 13.5. The number of halogens is 1. The monoisotopic (exact) mass is 374 g/mol. The lowest BCUT2D eigenvalue weighted by molar-refractivity contribution is 0.259. The molecule has 28 heavy (non-hydrogen) atoms. The second-order valence-corrected chi connectivity index (χ2v) is 7.55. The number of phenolic OH excluding ortho intramolecular Hbond substituents is 1. The van der Waals surface area contributed by atoms with Gasteiger partial charge >= 0.3 is 0 Å². The van der Waals surface area contributed by atoms with E-state index >= 15 is 0 Å². The number of rotatable bonds is 3. The van der Waals surface area contributed by atoms with Crippen molar-refractivity contribution in [3.05, 3.63) is 94.8 Å². The summed E-state index contributed by atoms with van der Waals surface area (Å²) in [6.07, 6.45) is -0.332. The Morgan fingerprint density at radius 2 is 1.61 bits per heavy atom. The van der Waals surface area contributed by atoms with Crippen LogP contribution in [0.25, 0.3) is 11.1 Å². The fraction of sp³-hybridized carbons (Fsp3) is 0.200. The maximum absolute atomic E-state index is 13.5. The Morgan fingerprint density at radius 3 is 2.25 bits per heavy atom. The van der Waals surface area contributed by atoms with Gasteiger partial charge in [0, 0.05) is 17.2 Å². The molecule has 142 valence electrons. The first kappa shape index (κ1) is 18.3. The van der Waals surface area contributed by atoms with Crippen LogP contribution in [0.15, 0.2) is 66.7 Å². The van der Waals surface area contributed by atoms with E-state index in [1.165, 1.54) is 17.7 Å². The molecule has 0 unspecified atom stereocenters. The SMILES string of the molecule is CC1=C(c2ccc(F)cc2)[C@H](c2ccc(C(C)C)cc2)Oc2cc(O)ccc21. The third kappa shape index (κ3) is 3.29. The lowest BCUT2D eigenvalue weighted by Gasteiger charge is -2.31. The molecule has 0 amide bonds. The Balaban J connectivity index is 1.88. The minimum Gasteiger partial charge on any atom is -0.508 e. The summed E-state index contributed by atoms with van der Waals surface area (Å²) in [6.45, 7) is 6.38. The van der Waals surface area contributed by atoms with Gasteiger partial charge in [-0.2, -0.15) is 0 Å². The molecule has 1 atom stereocenters. The van der Waals surface area contributed by atoms with Crippen LogP contribution >= 0.6 is 0 Å². The Bertz CT molecular complexity index is 1030. The van der Waals surface area contributed by atoms with E-state index in [1.807, 2.05) is 13.0 Å². The predicted molar refractivity (Wildman–Crippen MR) is 111 cm³/mol. The van der Waals surface area contributed by atoms with Gasteiger partial charge in [0.05, 0.1) is 0 Å². The van der Waals surface area contributed by atoms with Crippen LogP contribution in [0.2, 0.25) is 0 Å². The second kappa shape index (κ2) is 7.16. The molecule has 1 aliphatic heterocycles. The van der Waals surface area contributed by atoms with Crippen LogP contribution in [0, 0.1) is 5.82 Å². The van der Waals surface area contributed by atoms with Gasteiger partial charge in [-0.05, 0) is 59.4 Å². The molecule has 0 saturated heterocycles. The van der Waals surface area contributed by atoms with Gasteiger partial charge in [-0.25, -0.2) is 4.39 Å². The van der Waals surface area contributed by atoms with Crippen LogP contribution in [0.5, 0.6) is 11.5 Å². The molecule has 3 heteroatoms. The fourth-order valence-corrected chi connectivity index (χ4v) is 3.73. The molecule has 0 radical (unpaired) electrons. The number of hydrogen-bond acceptors (Lipinski definition) is 2. The van der Waals surface area contributed by atoms with Gasteiger partial charge < -0.3 is 9.84 Å². The zero-order valence-corrected chi connectivity index (χ0v) is 16.2. The van der Waals surface area contributed by atoms with Crippen LogP contribution in [-0.2, 0) is 0 Å². The number of allylic oxidation sites excluding steroid dienone is 1. The standard InChI is InChI=1S/C25H23FO2/c1-15(2)17-4-6-19(7-5-17)25-24(18-8-10-20(26)11-9-18)16(3)22-13-12-21(27)14-23(22)28-25/h4-15,25,27H,1-3H3/t25-/m0/s1. The highest BCUT2D eigenvalue weighted by atomic mass is 19.1. The fourth-order valence-electron chi connectivity index (χ4n) is 3.73. The van der Waals surface area contributed by atoms with Crippen molar-refractivity contribution in [3.63, 3.8) is 0 Å². The van der Waals surface area contributed by atoms with Crippen molar-refractivity contribution in [3.8, 4) is 11.5 Å². The van der Waals surface area contributed by atoms with Crippen molar-refractivity contribution in [1.29, 1.82) is 0 Å². The van der Waals surface area contributed by atoms with Gasteiger partial charge in [-0.1, -0.05) is 50.2 Å². The highest BCUT2D eigenvalue weighted by Gasteiger charge is 2.29. The third-order valence-corrected chi connectivity index (χ3v) is 5.34. The summed E-state index contributed by atoms with van der Waals surface area (Å²) in [6, 6.07) is 20.1. The summed E-state index contributed by atoms with van der Waals surface area (Å²) in [4.78, 5) is 0. The van der Waals surface area contributed by atoms with Gasteiger partial charge in [0.25, 0.3) is 0 Å². The first-order valence-corrected chi connectivity index (χ1v) is 9.50. The predicted octanol–water partition coefficient (Wildman–Crippen LogP) is 6.72. The van der Waals surface area contributed by atoms with Crippen LogP contribution in [0.1, 0.15) is 55.0 Å². The Morgan fingerprint density at radius 1 is 0.929 bits per heavy atom. The molecule has 0 saturated carbocycles. The molecule has 0 bridgehead atoms. The molecular weight excluding hydrogens is 351 g/mol. The minimum absolute atomic E-state index is 0.172. The third-order valence-electron chi connectivity index (χ3n) is 5.34. The van der Waals surface area contributed by atoms with Crippen molar-refractivity contribution in [2.24, 2.45) is 0 Å². The van der Waals surface area contributed by atoms with Crippen LogP contribution in [-0.4, -0.2) is 5.11 Å². The summed E-state index contributed by atoms with van der Waals surface area (Å²) in [7, 11) is 0. The van der Waals surface area contributed by atoms with Crippen LogP contribution in [0.3, 0.4) is 0 Å². The molecule has 1 aliphatic rings. The number of aromatic hydroxyl groups is 1. The van der Waals surface area contributed by atoms with Crippen LogP contribution in [0.4, 0.5) is 4.39 Å². The summed E-state index contributed by atoms with van der Waals surface area (Å²) in [5.41, 5.74) is 6.22. The molecule has 0 spiro atoms. The second-order valence-electron chi connectivity index (χ2n) is 7.55. The zero-order valence-electron chi connectivity index (χ0n) is 16.2. The summed E-state index contributed by atoms with van der Waals surface area (Å²) in [5.74, 6) is 1.02. The average Bonchev–Trinajstić information content (AvgIpc) is 2.68. The van der Waals surface area contributed by atoms with E-state index < -0.39 is 0 Å². The van der Waals surface area contributed by atoms with E-state index in [9.17, 15) is 9.50 Å². The highest BCUT2D eigenvalue weighted by Crippen LogP contribution is 2.47. The molecule has 3 aromatic rings. The van der Waals surface area contributed by atoms with E-state index in [0.717, 1.165) is 27.8 Å². The van der Waals surface area contributed by atoms with Crippen LogP contribution < -0.4 is 4.74 Å². The quantitative estimate of drug-likeness (QED) is 0.551. The molecule has 1 N–H and O–H groups in total. The van der Waals surface area contributed by atoms with Gasteiger partial charge in [-0.15, -0.1) is 0 Å². The van der Waals surface area contributed by atoms with Crippen molar-refractivity contribution in [2.45, 2.75) is 32.8 Å². The molecule has 0 fully saturated rings. The lowest BCUT2D eigenvalue weighted by Crippen LogP contribution is -2.16. The summed E-state index contributed by atoms with van der Waals surface area (Å²) < 4.78 is 19.9. The molecule has 4 rings (SSSR count). The minimum atomic E-state index is -0.332. The molecule has 1 heterocycles. The molecule has 0 aromatic heterocycles. The maximum Gasteiger partial charge on any atom is 0.150 e. The van der Waals surface area contributed by atoms with Gasteiger partial charge in [0.15, 0.2) is 0 Å². The zero-order chi connectivity index (χ0) is 19.8. The summed E-state index contributed by atoms with van der Waals surface area (Å²) in [5, 5.41) is 9.90. The number of ether oxygens (including phenoxy) is 1. The van der Waals surface area contributed by atoms with Gasteiger partial charge in [-0.3, -0.25) is 0 Å². The number of hydrogen-bond donors (Lipinski definition) is 1. The normalized spacial score (nSPS) is 16.1. The Labute approximate surface area is 164 Å². The molecule has 2 nitrogen and oxygen atoms in total. The smallest absolute Gasteiger partial charge is 0.150 e. The van der Waals surface area contributed by atoms with E-state index in [1.54, 1.807) is 24.3 Å². The number of fused-ring (bicyclic) bond motifs is 1. The molecule has 0 aliphatic carbocycles. The van der Waals surface area contributed by atoms with E-state index in [2.05, 4.69) is 38.1 Å². The van der Waals surface area contributed by atoms with E-state index in [0.29, 0.717) is 11.7 Å². The highest BCUT2D eigenvalue weighted by molar-refractivity contribution is 5.95. The Hall–Kier alpha value is -3.07. The van der Waals surface area contributed by atoms with Gasteiger partial charge in [0.1, 0.15) is 23.4 Å². The molecule has 3 aromatic carbocycles. The topological polar surface area (TPSA) is 29.5 Å². The van der Waals surface area contributed by atoms with Crippen molar-refractivity contribution < 1.29 is 14.2 Å². The van der Waals surface area contributed by atoms with E-state index in [-0.39, 0.29) is 17.7 Å². The van der Waals surface area contributed by atoms with Crippen molar-refractivity contribution in [2.75, 3.05) is 0 Å². The summed E-state index contributed by atoms with van der Waals surface area (Å²) >= 11 is 0. The Kier molecular flexibility index (Phi) is 4.68. The average molecular weight is 374 g/mol. The van der Waals surface area contributed by atoms with Crippen molar-refractivity contribution >= 4 is 11.1 Å².